The first-order valence-corrected chi connectivity index (χ1v) is 10.1. The number of nitrogens with zero attached hydrogens (tertiary/aromatic N) is 3. The molecule has 0 aliphatic carbocycles. The van der Waals surface area contributed by atoms with E-state index in [1.54, 1.807) is 30.2 Å². The number of aromatic amines is 1. The number of ether oxygens (including phenoxy) is 1. The maximum absolute atomic E-state index is 5.43. The minimum atomic E-state index is 0.349. The highest BCUT2D eigenvalue weighted by Crippen LogP contribution is 2.35. The zero-order chi connectivity index (χ0) is 17.1. The molecular formula is C16H17BrN4OS2. The van der Waals surface area contributed by atoms with Gasteiger partial charge in [-0.2, -0.15) is 0 Å². The Morgan fingerprint density at radius 1 is 1.33 bits per heavy atom. The minimum Gasteiger partial charge on any atom is -0.496 e. The van der Waals surface area contributed by atoms with Crippen molar-refractivity contribution in [3.8, 4) is 16.3 Å². The largest absolute Gasteiger partial charge is 0.496 e. The van der Waals surface area contributed by atoms with Gasteiger partial charge in [-0.15, -0.1) is 16.4 Å². The number of hydrogen-bond donors (Lipinski definition) is 1. The molecule has 0 aliphatic rings. The van der Waals surface area contributed by atoms with E-state index in [0.29, 0.717) is 5.92 Å². The molecule has 0 saturated heterocycles. The molecule has 0 amide bonds. The van der Waals surface area contributed by atoms with Gasteiger partial charge in [0.1, 0.15) is 16.6 Å². The molecule has 126 valence electrons. The Morgan fingerprint density at radius 2 is 2.17 bits per heavy atom. The summed E-state index contributed by atoms with van der Waals surface area (Å²) in [7, 11) is 1.67. The molecule has 24 heavy (non-hydrogen) atoms. The highest BCUT2D eigenvalue weighted by atomic mass is 79.9. The lowest BCUT2D eigenvalue weighted by atomic mass is 10.2. The highest BCUT2D eigenvalue weighted by Gasteiger charge is 2.12. The standard InChI is InChI=1S/C16H17BrN4OS2/c1-9(2)14-19-16(21-20-14)24-8-11-7-23-15(18-11)12-6-10(17)4-5-13(12)22-3/h4-7,9H,8H2,1-3H3,(H,19,20,21). The molecule has 0 atom stereocenters. The molecule has 3 rings (SSSR count). The maximum atomic E-state index is 5.43. The summed E-state index contributed by atoms with van der Waals surface area (Å²) in [4.78, 5) is 9.19. The van der Waals surface area contributed by atoms with Crippen molar-refractivity contribution in [2.45, 2.75) is 30.7 Å². The molecule has 0 aliphatic heterocycles. The lowest BCUT2D eigenvalue weighted by Gasteiger charge is -2.06. The zero-order valence-corrected chi connectivity index (χ0v) is 16.8. The number of H-pyrrole nitrogens is 1. The lowest BCUT2D eigenvalue weighted by molar-refractivity contribution is 0.416. The molecule has 1 aromatic carbocycles. The van der Waals surface area contributed by atoms with E-state index >= 15 is 0 Å². The van der Waals surface area contributed by atoms with Crippen LogP contribution in [0.25, 0.3) is 10.6 Å². The van der Waals surface area contributed by atoms with Gasteiger partial charge in [-0.25, -0.2) is 9.97 Å². The van der Waals surface area contributed by atoms with Crippen molar-refractivity contribution < 1.29 is 4.74 Å². The highest BCUT2D eigenvalue weighted by molar-refractivity contribution is 9.10. The van der Waals surface area contributed by atoms with Crippen LogP contribution in [0.4, 0.5) is 0 Å². The summed E-state index contributed by atoms with van der Waals surface area (Å²) in [5.41, 5.74) is 2.01. The quantitative estimate of drug-likeness (QED) is 0.556. The SMILES string of the molecule is COc1ccc(Br)cc1-c1nc(CSc2n[nH]c(C(C)C)n2)cs1. The Labute approximate surface area is 157 Å². The van der Waals surface area contributed by atoms with Crippen molar-refractivity contribution >= 4 is 39.0 Å². The summed E-state index contributed by atoms with van der Waals surface area (Å²) in [5, 5.41) is 11.0. The Bertz CT molecular complexity index is 831. The zero-order valence-electron chi connectivity index (χ0n) is 13.5. The summed E-state index contributed by atoms with van der Waals surface area (Å²) in [6, 6.07) is 5.93. The fourth-order valence-electron chi connectivity index (χ4n) is 2.06. The van der Waals surface area contributed by atoms with Crippen LogP contribution in [0.2, 0.25) is 0 Å². The van der Waals surface area contributed by atoms with Gasteiger partial charge in [0, 0.05) is 21.5 Å². The van der Waals surface area contributed by atoms with Crippen LogP contribution in [0.15, 0.2) is 33.2 Å². The van der Waals surface area contributed by atoms with Crippen molar-refractivity contribution in [2.24, 2.45) is 0 Å². The Kier molecular flexibility index (Phi) is 5.57. The molecule has 0 fully saturated rings. The topological polar surface area (TPSA) is 63.7 Å². The molecule has 2 heterocycles. The van der Waals surface area contributed by atoms with Crippen molar-refractivity contribution in [1.29, 1.82) is 0 Å². The van der Waals surface area contributed by atoms with E-state index in [0.717, 1.165) is 43.2 Å². The fourth-order valence-corrected chi connectivity index (χ4v) is 4.07. The molecule has 0 saturated carbocycles. The van der Waals surface area contributed by atoms with E-state index < -0.39 is 0 Å². The Morgan fingerprint density at radius 3 is 2.88 bits per heavy atom. The number of aromatic nitrogens is 4. The molecule has 0 bridgehead atoms. The third-order valence-corrected chi connectivity index (χ3v) is 5.62. The average molecular weight is 425 g/mol. The Hall–Kier alpha value is -1.38. The summed E-state index contributed by atoms with van der Waals surface area (Å²) < 4.78 is 6.44. The number of benzene rings is 1. The van der Waals surface area contributed by atoms with Gasteiger partial charge in [-0.05, 0) is 18.2 Å². The van der Waals surface area contributed by atoms with Crippen LogP contribution in [0.3, 0.4) is 0 Å². The van der Waals surface area contributed by atoms with Crippen LogP contribution >= 0.6 is 39.0 Å². The van der Waals surface area contributed by atoms with Crippen molar-refractivity contribution in [3.63, 3.8) is 0 Å². The van der Waals surface area contributed by atoms with Crippen LogP contribution in [-0.2, 0) is 5.75 Å². The average Bonchev–Trinajstić information content (AvgIpc) is 3.22. The van der Waals surface area contributed by atoms with Gasteiger partial charge >= 0.3 is 0 Å². The second kappa shape index (κ2) is 7.67. The lowest BCUT2D eigenvalue weighted by Crippen LogP contribution is -1.89. The normalized spacial score (nSPS) is 11.2. The number of methoxy groups -OCH3 is 1. The number of halogens is 1. The van der Waals surface area contributed by atoms with E-state index in [9.17, 15) is 0 Å². The Balaban J connectivity index is 1.72. The number of nitrogens with one attached hydrogen (secondary N) is 1. The third-order valence-electron chi connectivity index (χ3n) is 3.32. The van der Waals surface area contributed by atoms with E-state index in [4.69, 9.17) is 9.72 Å². The minimum absolute atomic E-state index is 0.349. The number of hydrogen-bond acceptors (Lipinski definition) is 6. The first-order valence-electron chi connectivity index (χ1n) is 7.40. The summed E-state index contributed by atoms with van der Waals surface area (Å²) in [5.74, 6) is 2.82. The molecule has 0 unspecified atom stereocenters. The van der Waals surface area contributed by atoms with Crippen molar-refractivity contribution in [2.75, 3.05) is 7.11 Å². The summed E-state index contributed by atoms with van der Waals surface area (Å²) in [6.07, 6.45) is 0. The monoisotopic (exact) mass is 424 g/mol. The van der Waals surface area contributed by atoms with Crippen LogP contribution in [0, 0.1) is 0 Å². The first kappa shape index (κ1) is 17.4. The number of thioether (sulfide) groups is 1. The first-order chi connectivity index (χ1) is 11.6. The molecule has 0 radical (unpaired) electrons. The van der Waals surface area contributed by atoms with Gasteiger partial charge < -0.3 is 4.74 Å². The second-order valence-corrected chi connectivity index (χ2v) is 8.15. The molecular weight excluding hydrogens is 408 g/mol. The fraction of sp³-hybridized carbons (Fsp3) is 0.312. The van der Waals surface area contributed by atoms with Gasteiger partial charge in [0.05, 0.1) is 18.4 Å². The van der Waals surface area contributed by atoms with Gasteiger partial charge in [0.25, 0.3) is 0 Å². The molecule has 8 heteroatoms. The third kappa shape index (κ3) is 3.99. The van der Waals surface area contributed by atoms with Crippen molar-refractivity contribution in [1.82, 2.24) is 20.2 Å². The summed E-state index contributed by atoms with van der Waals surface area (Å²) >= 11 is 6.70. The van der Waals surface area contributed by atoms with Crippen LogP contribution < -0.4 is 4.74 Å². The van der Waals surface area contributed by atoms with Gasteiger partial charge in [-0.3, -0.25) is 5.10 Å². The summed E-state index contributed by atoms with van der Waals surface area (Å²) in [6.45, 7) is 4.18. The van der Waals surface area contributed by atoms with E-state index in [-0.39, 0.29) is 0 Å². The molecule has 3 aromatic rings. The van der Waals surface area contributed by atoms with Crippen LogP contribution in [0.1, 0.15) is 31.3 Å². The molecule has 1 N–H and O–H groups in total. The second-order valence-electron chi connectivity index (χ2n) is 5.44. The smallest absolute Gasteiger partial charge is 0.208 e. The number of rotatable bonds is 6. The molecule has 5 nitrogen and oxygen atoms in total. The molecule has 2 aromatic heterocycles. The number of thiazole rings is 1. The van der Waals surface area contributed by atoms with Gasteiger partial charge in [-0.1, -0.05) is 41.5 Å². The predicted octanol–water partition coefficient (Wildman–Crippen LogP) is 5.12. The molecule has 0 spiro atoms. The van der Waals surface area contributed by atoms with Crippen LogP contribution in [0.5, 0.6) is 5.75 Å². The van der Waals surface area contributed by atoms with Crippen molar-refractivity contribution in [3.05, 3.63) is 39.6 Å². The van der Waals surface area contributed by atoms with E-state index in [1.165, 1.54) is 0 Å². The van der Waals surface area contributed by atoms with E-state index in [1.807, 2.05) is 18.2 Å². The predicted molar refractivity (Wildman–Crippen MR) is 102 cm³/mol. The van der Waals surface area contributed by atoms with Gasteiger partial charge in [0.2, 0.25) is 5.16 Å². The van der Waals surface area contributed by atoms with Crippen LogP contribution in [-0.4, -0.2) is 27.3 Å². The van der Waals surface area contributed by atoms with E-state index in [2.05, 4.69) is 50.3 Å². The van der Waals surface area contributed by atoms with Gasteiger partial charge in [0.15, 0.2) is 0 Å². The maximum Gasteiger partial charge on any atom is 0.208 e.